The predicted octanol–water partition coefficient (Wildman–Crippen LogP) is 0.903. The van der Waals surface area contributed by atoms with Crippen LogP contribution in [0.5, 0.6) is 0 Å². The molecule has 0 amide bonds. The van der Waals surface area contributed by atoms with Gasteiger partial charge in [0.25, 0.3) is 0 Å². The first kappa shape index (κ1) is 22.1. The van der Waals surface area contributed by atoms with Crippen LogP contribution in [0.2, 0.25) is 0 Å². The summed E-state index contributed by atoms with van der Waals surface area (Å²) in [4.78, 5) is 20.1. The molecule has 1 aromatic rings. The van der Waals surface area contributed by atoms with Gasteiger partial charge in [0.05, 0.1) is 0 Å². The molecule has 0 aliphatic carbocycles. The third-order valence-electron chi connectivity index (χ3n) is 5.57. The van der Waals surface area contributed by atoms with Crippen LogP contribution in [-0.4, -0.2) is 98.3 Å². The Morgan fingerprint density at radius 3 is 2.37 bits per heavy atom. The molecule has 1 aromatic heterocycles. The lowest BCUT2D eigenvalue weighted by Gasteiger charge is -2.44. The standard InChI is InChI=1S/C18H31N7O.HI/c1-19-16(22-15-18(23(2)3)5-13-26-14-6-18)24-9-11-25(12-10-24)17-20-7-4-8-21-17;/h4,7-8H,5-6,9-15H2,1-3H3,(H,19,22);1H. The summed E-state index contributed by atoms with van der Waals surface area (Å²) in [5.74, 6) is 1.79. The van der Waals surface area contributed by atoms with Gasteiger partial charge < -0.3 is 24.8 Å². The normalized spacial score (nSPS) is 20.4. The number of hydrogen-bond donors (Lipinski definition) is 1. The van der Waals surface area contributed by atoms with Gasteiger partial charge in [-0.25, -0.2) is 9.97 Å². The van der Waals surface area contributed by atoms with E-state index in [4.69, 9.17) is 4.74 Å². The SMILES string of the molecule is CN=C(NCC1(N(C)C)CCOCC1)N1CCN(c2ncccn2)CC1.I. The molecule has 1 N–H and O–H groups in total. The van der Waals surface area contributed by atoms with Crippen LogP contribution in [0.15, 0.2) is 23.5 Å². The molecule has 0 unspecified atom stereocenters. The Morgan fingerprint density at radius 1 is 1.19 bits per heavy atom. The first-order chi connectivity index (χ1) is 12.6. The lowest BCUT2D eigenvalue weighted by atomic mass is 9.88. The van der Waals surface area contributed by atoms with E-state index in [0.717, 1.165) is 70.7 Å². The second-order valence-corrected chi connectivity index (χ2v) is 7.15. The minimum absolute atomic E-state index is 0. The summed E-state index contributed by atoms with van der Waals surface area (Å²) in [5, 5.41) is 3.61. The fourth-order valence-corrected chi connectivity index (χ4v) is 3.68. The summed E-state index contributed by atoms with van der Waals surface area (Å²) in [6.45, 7) is 6.17. The molecule has 2 aliphatic heterocycles. The van der Waals surface area contributed by atoms with Gasteiger partial charge in [0.2, 0.25) is 5.95 Å². The van der Waals surface area contributed by atoms with Gasteiger partial charge in [-0.2, -0.15) is 0 Å². The number of ether oxygens (including phenoxy) is 1. The Bertz CT molecular complexity index is 585. The largest absolute Gasteiger partial charge is 0.381 e. The van der Waals surface area contributed by atoms with Gasteiger partial charge in [-0.3, -0.25) is 4.99 Å². The van der Waals surface area contributed by atoms with Crippen molar-refractivity contribution in [3.8, 4) is 0 Å². The number of guanidine groups is 1. The number of nitrogens with one attached hydrogen (secondary N) is 1. The summed E-state index contributed by atoms with van der Waals surface area (Å²) in [5.41, 5.74) is 0.133. The number of nitrogens with zero attached hydrogens (tertiary/aromatic N) is 6. The Balaban J connectivity index is 0.00000261. The summed E-state index contributed by atoms with van der Waals surface area (Å²) in [7, 11) is 6.18. The molecule has 9 heteroatoms. The lowest BCUT2D eigenvalue weighted by molar-refractivity contribution is -0.00526. The summed E-state index contributed by atoms with van der Waals surface area (Å²) in [6, 6.07) is 1.85. The van der Waals surface area contributed by atoms with E-state index >= 15 is 0 Å². The van der Waals surface area contributed by atoms with Gasteiger partial charge >= 0.3 is 0 Å². The van der Waals surface area contributed by atoms with Crippen LogP contribution in [0.25, 0.3) is 0 Å². The zero-order valence-corrected chi connectivity index (χ0v) is 18.9. The third-order valence-corrected chi connectivity index (χ3v) is 5.57. The van der Waals surface area contributed by atoms with Crippen molar-refractivity contribution >= 4 is 35.9 Å². The Hall–Kier alpha value is -1.20. The van der Waals surface area contributed by atoms with Gasteiger partial charge in [-0.1, -0.05) is 0 Å². The fourth-order valence-electron chi connectivity index (χ4n) is 3.68. The Kier molecular flexibility index (Phi) is 8.49. The minimum Gasteiger partial charge on any atom is -0.381 e. The molecule has 2 fully saturated rings. The molecule has 8 nitrogen and oxygen atoms in total. The molecule has 3 heterocycles. The van der Waals surface area contributed by atoms with Crippen molar-refractivity contribution in [3.63, 3.8) is 0 Å². The minimum atomic E-state index is 0. The fraction of sp³-hybridized carbons (Fsp3) is 0.722. The van der Waals surface area contributed by atoms with Crippen LogP contribution >= 0.6 is 24.0 Å². The van der Waals surface area contributed by atoms with E-state index in [0.29, 0.717) is 0 Å². The Labute approximate surface area is 179 Å². The molecule has 0 aromatic carbocycles. The van der Waals surface area contributed by atoms with Crippen LogP contribution in [0.3, 0.4) is 0 Å². The second kappa shape index (κ2) is 10.4. The maximum atomic E-state index is 5.57. The monoisotopic (exact) mass is 489 g/mol. The van der Waals surface area contributed by atoms with Crippen molar-refractivity contribution in [1.82, 2.24) is 25.1 Å². The van der Waals surface area contributed by atoms with E-state index in [1.165, 1.54) is 0 Å². The summed E-state index contributed by atoms with van der Waals surface area (Å²) < 4.78 is 5.57. The smallest absolute Gasteiger partial charge is 0.225 e. The van der Waals surface area contributed by atoms with Gasteiger partial charge in [-0.05, 0) is 33.0 Å². The van der Waals surface area contributed by atoms with Crippen LogP contribution < -0.4 is 10.2 Å². The predicted molar refractivity (Wildman–Crippen MR) is 119 cm³/mol. The van der Waals surface area contributed by atoms with E-state index in [1.807, 2.05) is 13.1 Å². The van der Waals surface area contributed by atoms with Crippen molar-refractivity contribution in [2.75, 3.05) is 72.0 Å². The molecule has 2 aliphatic rings. The average molecular weight is 489 g/mol. The zero-order chi connectivity index (χ0) is 18.4. The molecule has 0 saturated carbocycles. The number of hydrogen-bond acceptors (Lipinski definition) is 6. The molecule has 152 valence electrons. The number of rotatable bonds is 4. The number of aliphatic imine (C=N–C) groups is 1. The van der Waals surface area contributed by atoms with E-state index < -0.39 is 0 Å². The van der Waals surface area contributed by atoms with E-state index in [-0.39, 0.29) is 29.5 Å². The highest BCUT2D eigenvalue weighted by Gasteiger charge is 2.35. The highest BCUT2D eigenvalue weighted by molar-refractivity contribution is 14.0. The van der Waals surface area contributed by atoms with Gasteiger partial charge in [0.1, 0.15) is 0 Å². The molecule has 3 rings (SSSR count). The van der Waals surface area contributed by atoms with Crippen LogP contribution in [0.1, 0.15) is 12.8 Å². The topological polar surface area (TPSA) is 69.1 Å². The molecule has 27 heavy (non-hydrogen) atoms. The maximum absolute atomic E-state index is 5.57. The Morgan fingerprint density at radius 2 is 1.81 bits per heavy atom. The van der Waals surface area contributed by atoms with Gasteiger partial charge in [-0.15, -0.1) is 24.0 Å². The number of piperazine rings is 1. The van der Waals surface area contributed by atoms with Crippen molar-refractivity contribution < 1.29 is 4.74 Å². The average Bonchev–Trinajstić information content (AvgIpc) is 2.70. The van der Waals surface area contributed by atoms with Crippen molar-refractivity contribution in [3.05, 3.63) is 18.5 Å². The molecule has 0 bridgehead atoms. The first-order valence-corrected chi connectivity index (χ1v) is 9.37. The van der Waals surface area contributed by atoms with E-state index in [9.17, 15) is 0 Å². The maximum Gasteiger partial charge on any atom is 0.225 e. The van der Waals surface area contributed by atoms with Crippen molar-refractivity contribution in [2.24, 2.45) is 4.99 Å². The van der Waals surface area contributed by atoms with E-state index in [2.05, 4.69) is 49.1 Å². The molecule has 0 spiro atoms. The highest BCUT2D eigenvalue weighted by Crippen LogP contribution is 2.25. The van der Waals surface area contributed by atoms with Crippen LogP contribution in [-0.2, 0) is 4.74 Å². The number of anilines is 1. The third kappa shape index (κ3) is 5.41. The molecule has 0 atom stereocenters. The molecular formula is C18H32IN7O. The lowest BCUT2D eigenvalue weighted by Crippen LogP contribution is -2.59. The van der Waals surface area contributed by atoms with Crippen molar-refractivity contribution in [2.45, 2.75) is 18.4 Å². The number of likely N-dealkylation sites (N-methyl/N-ethyl adjacent to an activating group) is 1. The van der Waals surface area contributed by atoms with Crippen LogP contribution in [0, 0.1) is 0 Å². The molecule has 2 saturated heterocycles. The van der Waals surface area contributed by atoms with Crippen molar-refractivity contribution in [1.29, 1.82) is 0 Å². The number of halogens is 1. The quantitative estimate of drug-likeness (QED) is 0.383. The highest BCUT2D eigenvalue weighted by atomic mass is 127. The van der Waals surface area contributed by atoms with Gasteiger partial charge in [0, 0.05) is 70.9 Å². The molecule has 0 radical (unpaired) electrons. The van der Waals surface area contributed by atoms with Gasteiger partial charge in [0.15, 0.2) is 5.96 Å². The first-order valence-electron chi connectivity index (χ1n) is 9.37. The number of aromatic nitrogens is 2. The summed E-state index contributed by atoms with van der Waals surface area (Å²) >= 11 is 0. The zero-order valence-electron chi connectivity index (χ0n) is 16.6. The van der Waals surface area contributed by atoms with E-state index in [1.54, 1.807) is 12.4 Å². The molecular weight excluding hydrogens is 457 g/mol. The van der Waals surface area contributed by atoms with Crippen LogP contribution in [0.4, 0.5) is 5.95 Å². The summed E-state index contributed by atoms with van der Waals surface area (Å²) in [6.07, 6.45) is 5.68. The second-order valence-electron chi connectivity index (χ2n) is 7.15.